The van der Waals surface area contributed by atoms with Gasteiger partial charge >= 0.3 is 0 Å². The number of nitrogens with two attached hydrogens (primary N) is 1. The molecule has 0 aromatic rings. The molecule has 0 amide bonds. The Bertz CT molecular complexity index is 251. The molecule has 0 saturated heterocycles. The van der Waals surface area contributed by atoms with Crippen LogP contribution in [0.1, 0.15) is 44.9 Å². The van der Waals surface area contributed by atoms with Crippen molar-refractivity contribution < 1.29 is 4.79 Å². The van der Waals surface area contributed by atoms with E-state index in [4.69, 9.17) is 5.73 Å². The van der Waals surface area contributed by atoms with Gasteiger partial charge in [0.15, 0.2) is 5.78 Å². The fraction of sp³-hybridized carbons (Fsp3) is 0.727. The van der Waals surface area contributed by atoms with E-state index in [1.165, 1.54) is 6.42 Å². The number of ketones is 1. The number of carbonyl (C=O) groups is 1. The minimum Gasteiger partial charge on any atom is -0.319 e. The van der Waals surface area contributed by atoms with Crippen molar-refractivity contribution in [1.82, 2.24) is 0 Å². The lowest BCUT2D eigenvalue weighted by molar-refractivity contribution is -0.123. The van der Waals surface area contributed by atoms with Gasteiger partial charge in [0.05, 0.1) is 5.54 Å². The number of allylic oxidation sites excluding steroid dienone is 1. The average molecular weight is 179 g/mol. The van der Waals surface area contributed by atoms with Crippen LogP contribution >= 0.6 is 0 Å². The van der Waals surface area contributed by atoms with Gasteiger partial charge in [-0.3, -0.25) is 4.79 Å². The monoisotopic (exact) mass is 179 g/mol. The summed E-state index contributed by atoms with van der Waals surface area (Å²) in [7, 11) is 0. The molecular formula is C11H17NO. The van der Waals surface area contributed by atoms with Gasteiger partial charge in [0.1, 0.15) is 0 Å². The number of carbonyl (C=O) groups excluding carboxylic acids is 1. The van der Waals surface area contributed by atoms with Crippen LogP contribution in [0, 0.1) is 0 Å². The molecule has 0 aromatic carbocycles. The van der Waals surface area contributed by atoms with Crippen molar-refractivity contribution in [3.63, 3.8) is 0 Å². The molecule has 2 N–H and O–H groups in total. The molecule has 0 spiro atoms. The third kappa shape index (κ3) is 1.55. The number of hydrogen-bond donors (Lipinski definition) is 1. The predicted octanol–water partition coefficient (Wildman–Crippen LogP) is 1.94. The molecule has 2 aliphatic rings. The van der Waals surface area contributed by atoms with Crippen molar-refractivity contribution in [2.24, 2.45) is 5.73 Å². The normalized spacial score (nSPS) is 26.1. The van der Waals surface area contributed by atoms with Gasteiger partial charge in [-0.2, -0.15) is 0 Å². The molecule has 0 unspecified atom stereocenters. The van der Waals surface area contributed by atoms with Gasteiger partial charge < -0.3 is 5.73 Å². The molecule has 0 radical (unpaired) electrons. The minimum atomic E-state index is -0.469. The van der Waals surface area contributed by atoms with Crippen molar-refractivity contribution in [3.05, 3.63) is 11.6 Å². The molecule has 1 saturated carbocycles. The topological polar surface area (TPSA) is 43.1 Å². The zero-order valence-electron chi connectivity index (χ0n) is 8.01. The molecule has 0 heterocycles. The van der Waals surface area contributed by atoms with Crippen molar-refractivity contribution in [3.8, 4) is 0 Å². The summed E-state index contributed by atoms with van der Waals surface area (Å²) in [4.78, 5) is 11.9. The van der Waals surface area contributed by atoms with Gasteiger partial charge in [0, 0.05) is 0 Å². The van der Waals surface area contributed by atoms with Gasteiger partial charge in [-0.05, 0) is 50.5 Å². The zero-order valence-corrected chi connectivity index (χ0v) is 8.01. The molecule has 0 aliphatic heterocycles. The largest absolute Gasteiger partial charge is 0.319 e. The second-order valence-corrected chi connectivity index (χ2v) is 4.31. The van der Waals surface area contributed by atoms with Crippen LogP contribution in [0.25, 0.3) is 0 Å². The fourth-order valence-corrected chi connectivity index (χ4v) is 2.15. The summed E-state index contributed by atoms with van der Waals surface area (Å²) in [5, 5.41) is 0. The third-order valence-corrected chi connectivity index (χ3v) is 3.28. The van der Waals surface area contributed by atoms with Crippen LogP contribution in [-0.4, -0.2) is 11.3 Å². The Balaban J connectivity index is 2.07. The molecule has 0 bridgehead atoms. The molecule has 1 fully saturated rings. The van der Waals surface area contributed by atoms with Crippen LogP contribution in [0.5, 0.6) is 0 Å². The van der Waals surface area contributed by atoms with Crippen molar-refractivity contribution >= 4 is 5.78 Å². The standard InChI is InChI=1S/C11H17NO/c12-11(7-4-8-11)10(13)9-5-2-1-3-6-9/h5H,1-4,6-8,12H2. The van der Waals surface area contributed by atoms with Crippen LogP contribution in [0.4, 0.5) is 0 Å². The fourth-order valence-electron chi connectivity index (χ4n) is 2.15. The predicted molar refractivity (Wildman–Crippen MR) is 52.3 cm³/mol. The van der Waals surface area contributed by atoms with Gasteiger partial charge in [-0.25, -0.2) is 0 Å². The van der Waals surface area contributed by atoms with Crippen LogP contribution in [0.15, 0.2) is 11.6 Å². The highest BCUT2D eigenvalue weighted by Crippen LogP contribution is 2.34. The number of Topliss-reactive ketones (excluding diaryl/α,β-unsaturated/α-hetero) is 1. The van der Waals surface area contributed by atoms with Crippen molar-refractivity contribution in [2.45, 2.75) is 50.5 Å². The Kier molecular flexibility index (Phi) is 2.24. The first-order valence-electron chi connectivity index (χ1n) is 5.25. The van der Waals surface area contributed by atoms with Crippen LogP contribution in [0.2, 0.25) is 0 Å². The first-order valence-corrected chi connectivity index (χ1v) is 5.25. The van der Waals surface area contributed by atoms with E-state index in [2.05, 4.69) is 6.08 Å². The lowest BCUT2D eigenvalue weighted by atomic mass is 9.71. The van der Waals surface area contributed by atoms with E-state index in [1.54, 1.807) is 0 Å². The lowest BCUT2D eigenvalue weighted by Crippen LogP contribution is -2.54. The van der Waals surface area contributed by atoms with Gasteiger partial charge in [0.25, 0.3) is 0 Å². The highest BCUT2D eigenvalue weighted by Gasteiger charge is 2.41. The Morgan fingerprint density at radius 1 is 1.31 bits per heavy atom. The van der Waals surface area contributed by atoms with Crippen molar-refractivity contribution in [1.29, 1.82) is 0 Å². The molecule has 2 rings (SSSR count). The molecule has 2 nitrogen and oxygen atoms in total. The summed E-state index contributed by atoms with van der Waals surface area (Å²) in [6.45, 7) is 0. The first-order chi connectivity index (χ1) is 6.22. The Morgan fingerprint density at radius 3 is 2.54 bits per heavy atom. The Hall–Kier alpha value is -0.630. The molecule has 0 atom stereocenters. The van der Waals surface area contributed by atoms with E-state index in [0.29, 0.717) is 0 Å². The zero-order chi connectivity index (χ0) is 9.31. The smallest absolute Gasteiger partial charge is 0.178 e. The molecule has 2 aliphatic carbocycles. The summed E-state index contributed by atoms with van der Waals surface area (Å²) in [5.74, 6) is 0.235. The SMILES string of the molecule is NC1(C(=O)C2=CCCCC2)CCC1. The summed E-state index contributed by atoms with van der Waals surface area (Å²) >= 11 is 0. The highest BCUT2D eigenvalue weighted by molar-refractivity contribution is 6.03. The van der Waals surface area contributed by atoms with E-state index in [9.17, 15) is 4.79 Å². The van der Waals surface area contributed by atoms with Gasteiger partial charge in [-0.1, -0.05) is 6.08 Å². The summed E-state index contributed by atoms with van der Waals surface area (Å²) in [6.07, 6.45) is 9.41. The quantitative estimate of drug-likeness (QED) is 0.704. The minimum absolute atomic E-state index is 0.235. The molecule has 0 aromatic heterocycles. The Morgan fingerprint density at radius 2 is 2.08 bits per heavy atom. The summed E-state index contributed by atoms with van der Waals surface area (Å²) in [5.41, 5.74) is 6.53. The second kappa shape index (κ2) is 3.26. The lowest BCUT2D eigenvalue weighted by Gasteiger charge is -2.37. The van der Waals surface area contributed by atoms with Crippen LogP contribution in [-0.2, 0) is 4.79 Å². The molecular weight excluding hydrogens is 162 g/mol. The third-order valence-electron chi connectivity index (χ3n) is 3.28. The van der Waals surface area contributed by atoms with E-state index >= 15 is 0 Å². The van der Waals surface area contributed by atoms with Crippen LogP contribution < -0.4 is 5.73 Å². The van der Waals surface area contributed by atoms with Crippen molar-refractivity contribution in [2.75, 3.05) is 0 Å². The van der Waals surface area contributed by atoms with Crippen LogP contribution in [0.3, 0.4) is 0 Å². The van der Waals surface area contributed by atoms with E-state index in [0.717, 1.165) is 44.1 Å². The second-order valence-electron chi connectivity index (χ2n) is 4.31. The average Bonchev–Trinajstić information content (AvgIpc) is 2.14. The number of hydrogen-bond acceptors (Lipinski definition) is 2. The highest BCUT2D eigenvalue weighted by atomic mass is 16.1. The molecule has 13 heavy (non-hydrogen) atoms. The first kappa shape index (κ1) is 8.95. The molecule has 72 valence electrons. The maximum absolute atomic E-state index is 11.9. The number of rotatable bonds is 2. The van der Waals surface area contributed by atoms with E-state index in [-0.39, 0.29) is 5.78 Å². The van der Waals surface area contributed by atoms with E-state index < -0.39 is 5.54 Å². The maximum Gasteiger partial charge on any atom is 0.178 e. The maximum atomic E-state index is 11.9. The summed E-state index contributed by atoms with van der Waals surface area (Å²) < 4.78 is 0. The van der Waals surface area contributed by atoms with E-state index in [1.807, 2.05) is 0 Å². The summed E-state index contributed by atoms with van der Waals surface area (Å²) in [6, 6.07) is 0. The Labute approximate surface area is 79.2 Å². The van der Waals surface area contributed by atoms with Gasteiger partial charge in [0.2, 0.25) is 0 Å². The molecule has 2 heteroatoms. The van der Waals surface area contributed by atoms with Gasteiger partial charge in [-0.15, -0.1) is 0 Å².